The van der Waals surface area contributed by atoms with Gasteiger partial charge < -0.3 is 21.6 Å². The number of aryl methyl sites for hydroxylation is 1. The Hall–Kier alpha value is -1.94. The molecule has 2 rings (SSSR count). The summed E-state index contributed by atoms with van der Waals surface area (Å²) in [7, 11) is 0. The number of hydrogen-bond acceptors (Lipinski definition) is 3. The van der Waals surface area contributed by atoms with E-state index in [-0.39, 0.29) is 5.76 Å². The van der Waals surface area contributed by atoms with Gasteiger partial charge in [0.1, 0.15) is 5.76 Å². The van der Waals surface area contributed by atoms with Gasteiger partial charge in [0.25, 0.3) is 0 Å². The van der Waals surface area contributed by atoms with Crippen molar-refractivity contribution in [2.45, 2.75) is 33.2 Å². The van der Waals surface area contributed by atoms with Crippen LogP contribution in [0.4, 0.5) is 5.69 Å². The Bertz CT molecular complexity index is 572. The number of aliphatic hydroxyl groups is 1. The lowest BCUT2D eigenvalue weighted by molar-refractivity contribution is 0.368. The molecule has 0 aliphatic rings. The molecule has 1 aromatic heterocycles. The van der Waals surface area contributed by atoms with Crippen LogP contribution in [0.3, 0.4) is 0 Å². The monoisotopic (exact) mass is 261 g/mol. The number of fused-ring (bicyclic) bond motifs is 1. The summed E-state index contributed by atoms with van der Waals surface area (Å²) in [5.74, 6) is 0.00246. The third kappa shape index (κ3) is 3.29. The molecule has 0 saturated heterocycles. The second-order valence-electron chi connectivity index (χ2n) is 4.34. The van der Waals surface area contributed by atoms with E-state index in [1.54, 1.807) is 0 Å². The van der Waals surface area contributed by atoms with Crippen molar-refractivity contribution < 1.29 is 5.11 Å². The van der Waals surface area contributed by atoms with Crippen LogP contribution in [0.5, 0.6) is 0 Å². The number of nitrogen functional groups attached to an aromatic ring is 1. The van der Waals surface area contributed by atoms with E-state index in [1.165, 1.54) is 0 Å². The molecule has 0 aliphatic heterocycles. The number of aromatic amines is 1. The van der Waals surface area contributed by atoms with Crippen molar-refractivity contribution in [2.75, 3.05) is 5.73 Å². The van der Waals surface area contributed by atoms with Crippen LogP contribution < -0.4 is 11.5 Å². The van der Waals surface area contributed by atoms with Gasteiger partial charge in [-0.2, -0.15) is 0 Å². The molecule has 0 amide bonds. The number of hydrogen-bond donors (Lipinski definition) is 4. The minimum atomic E-state index is -0.450. The van der Waals surface area contributed by atoms with Gasteiger partial charge in [-0.05, 0) is 37.1 Å². The highest BCUT2D eigenvalue weighted by molar-refractivity contribution is 5.87. The van der Waals surface area contributed by atoms with Crippen molar-refractivity contribution in [2.24, 2.45) is 5.73 Å². The van der Waals surface area contributed by atoms with E-state index in [9.17, 15) is 5.11 Å². The van der Waals surface area contributed by atoms with E-state index < -0.39 is 6.04 Å². The van der Waals surface area contributed by atoms with Crippen LogP contribution in [0.1, 0.15) is 25.1 Å². The largest absolute Gasteiger partial charge is 0.511 e. The van der Waals surface area contributed by atoms with E-state index in [0.717, 1.165) is 22.2 Å². The van der Waals surface area contributed by atoms with Crippen LogP contribution in [0.2, 0.25) is 0 Å². The topological polar surface area (TPSA) is 88.1 Å². The fraction of sp³-hybridized carbons (Fsp3) is 0.333. The average molecular weight is 261 g/mol. The van der Waals surface area contributed by atoms with Crippen molar-refractivity contribution >= 4 is 16.6 Å². The first-order chi connectivity index (χ1) is 8.99. The van der Waals surface area contributed by atoms with E-state index in [1.807, 2.05) is 39.0 Å². The lowest BCUT2D eigenvalue weighted by Crippen LogP contribution is -2.24. The highest BCUT2D eigenvalue weighted by atomic mass is 16.3. The summed E-state index contributed by atoms with van der Waals surface area (Å²) >= 11 is 0. The van der Waals surface area contributed by atoms with Crippen molar-refractivity contribution in [1.29, 1.82) is 0 Å². The molecule has 6 N–H and O–H groups in total. The fourth-order valence-electron chi connectivity index (χ4n) is 2.00. The zero-order valence-corrected chi connectivity index (χ0v) is 11.8. The second kappa shape index (κ2) is 6.29. The molecule has 1 aromatic carbocycles. The summed E-state index contributed by atoms with van der Waals surface area (Å²) in [6.45, 7) is 9.44. The van der Waals surface area contributed by atoms with Gasteiger partial charge in [0.2, 0.25) is 0 Å². The SMILES string of the molecule is C=C(O)C(N)Cc1c(C)[nH]c2ccc(N)cc12.CC. The number of aromatic nitrogens is 1. The quantitative estimate of drug-likeness (QED) is 0.506. The van der Waals surface area contributed by atoms with Crippen molar-refractivity contribution in [3.05, 3.63) is 41.8 Å². The van der Waals surface area contributed by atoms with Gasteiger partial charge in [-0.1, -0.05) is 20.4 Å². The summed E-state index contributed by atoms with van der Waals surface area (Å²) in [4.78, 5) is 3.28. The summed E-state index contributed by atoms with van der Waals surface area (Å²) in [5, 5.41) is 10.3. The molecule has 4 heteroatoms. The molecule has 0 fully saturated rings. The van der Waals surface area contributed by atoms with Crippen LogP contribution in [0.15, 0.2) is 30.5 Å². The summed E-state index contributed by atoms with van der Waals surface area (Å²) in [6.07, 6.45) is 0.546. The maximum absolute atomic E-state index is 9.28. The van der Waals surface area contributed by atoms with Crippen molar-refractivity contribution in [1.82, 2.24) is 4.98 Å². The summed E-state index contributed by atoms with van der Waals surface area (Å²) in [5.41, 5.74) is 15.5. The molecule has 4 nitrogen and oxygen atoms in total. The molecule has 0 saturated carbocycles. The second-order valence-corrected chi connectivity index (χ2v) is 4.34. The van der Waals surface area contributed by atoms with E-state index in [4.69, 9.17) is 11.5 Å². The van der Waals surface area contributed by atoms with E-state index in [0.29, 0.717) is 12.1 Å². The highest BCUT2D eigenvalue weighted by Crippen LogP contribution is 2.25. The fourth-order valence-corrected chi connectivity index (χ4v) is 2.00. The maximum Gasteiger partial charge on any atom is 0.102 e. The molecule has 0 aliphatic carbocycles. The molecular formula is C15H23N3O. The number of aliphatic hydroxyl groups excluding tert-OH is 1. The third-order valence-electron chi connectivity index (χ3n) is 3.00. The zero-order valence-electron chi connectivity index (χ0n) is 11.8. The van der Waals surface area contributed by atoms with Crippen LogP contribution in [0, 0.1) is 6.92 Å². The number of rotatable bonds is 3. The first-order valence-electron chi connectivity index (χ1n) is 6.49. The number of benzene rings is 1. The Morgan fingerprint density at radius 2 is 2.05 bits per heavy atom. The van der Waals surface area contributed by atoms with Gasteiger partial charge in [0.05, 0.1) is 6.04 Å². The van der Waals surface area contributed by atoms with Gasteiger partial charge >= 0.3 is 0 Å². The molecule has 0 bridgehead atoms. The Morgan fingerprint density at radius 3 is 2.63 bits per heavy atom. The molecule has 1 heterocycles. The van der Waals surface area contributed by atoms with Crippen LogP contribution >= 0.6 is 0 Å². The molecule has 19 heavy (non-hydrogen) atoms. The van der Waals surface area contributed by atoms with E-state index in [2.05, 4.69) is 11.6 Å². The number of nitrogens with one attached hydrogen (secondary N) is 1. The predicted octanol–water partition coefficient (Wildman–Crippen LogP) is 3.03. The van der Waals surface area contributed by atoms with Crippen LogP contribution in [-0.4, -0.2) is 16.1 Å². The molecular weight excluding hydrogens is 238 g/mol. The normalized spacial score (nSPS) is 11.8. The smallest absolute Gasteiger partial charge is 0.102 e. The first-order valence-corrected chi connectivity index (χ1v) is 6.49. The minimum absolute atomic E-state index is 0.00246. The lowest BCUT2D eigenvalue weighted by Gasteiger charge is -2.10. The Labute approximate surface area is 114 Å². The number of nitrogens with two attached hydrogens (primary N) is 2. The maximum atomic E-state index is 9.28. The lowest BCUT2D eigenvalue weighted by atomic mass is 10.0. The molecule has 0 radical (unpaired) electrons. The third-order valence-corrected chi connectivity index (χ3v) is 3.00. The highest BCUT2D eigenvalue weighted by Gasteiger charge is 2.14. The average Bonchev–Trinajstić information content (AvgIpc) is 2.68. The molecule has 1 atom stereocenters. The van der Waals surface area contributed by atoms with Gasteiger partial charge in [-0.3, -0.25) is 0 Å². The summed E-state index contributed by atoms with van der Waals surface area (Å²) in [6, 6.07) is 5.27. The Kier molecular flexibility index (Phi) is 5.01. The van der Waals surface area contributed by atoms with Gasteiger partial charge in [0.15, 0.2) is 0 Å². The molecule has 104 valence electrons. The first kappa shape index (κ1) is 15.1. The van der Waals surface area contributed by atoms with Gasteiger partial charge in [0, 0.05) is 22.3 Å². The molecule has 0 spiro atoms. The molecule has 1 unspecified atom stereocenters. The van der Waals surface area contributed by atoms with Gasteiger partial charge in [-0.25, -0.2) is 0 Å². The molecule has 2 aromatic rings. The van der Waals surface area contributed by atoms with Gasteiger partial charge in [-0.15, -0.1) is 0 Å². The van der Waals surface area contributed by atoms with Crippen LogP contribution in [0.25, 0.3) is 10.9 Å². The van der Waals surface area contributed by atoms with Crippen molar-refractivity contribution in [3.8, 4) is 0 Å². The standard InChI is InChI=1S/C13H17N3O.C2H6/c1-7-10(6-12(15)8(2)17)11-5-9(14)3-4-13(11)16-7;1-2/h3-5,12,16-17H,2,6,14-15H2,1H3;1-2H3. The Morgan fingerprint density at radius 1 is 1.42 bits per heavy atom. The zero-order chi connectivity index (χ0) is 14.6. The minimum Gasteiger partial charge on any atom is -0.511 e. The summed E-state index contributed by atoms with van der Waals surface area (Å²) < 4.78 is 0. The Balaban J connectivity index is 0.000000861. The van der Waals surface area contributed by atoms with E-state index >= 15 is 0 Å². The number of H-pyrrole nitrogens is 1. The van der Waals surface area contributed by atoms with Crippen molar-refractivity contribution in [3.63, 3.8) is 0 Å². The predicted molar refractivity (Wildman–Crippen MR) is 82.2 cm³/mol. The number of anilines is 1. The van der Waals surface area contributed by atoms with Crippen LogP contribution in [-0.2, 0) is 6.42 Å².